The van der Waals surface area contributed by atoms with Crippen molar-refractivity contribution < 1.29 is 13.9 Å². The van der Waals surface area contributed by atoms with Crippen LogP contribution in [0, 0.1) is 23.1 Å². The molecule has 2 aromatic carbocycles. The van der Waals surface area contributed by atoms with Gasteiger partial charge in [-0.25, -0.2) is 9.37 Å². The summed E-state index contributed by atoms with van der Waals surface area (Å²) < 4.78 is 19.3. The molecule has 9 heteroatoms. The summed E-state index contributed by atoms with van der Waals surface area (Å²) in [6.07, 6.45) is 1.58. The standard InChI is InChI=1S/C26H27FN6O2/c1-16-3-6-20(25(34)30-14-17-4-9-21(35-2)10-5-17)15-33(16)24-12-23(31-26(29)32-24)18-7-8-19(13-28)22(27)11-18/h4-5,7-12,16,20H,3,6,14-15H2,1-2H3,(H,30,34)(H2,29,31,32)/t16-,20+/m1/s1. The molecule has 1 aliphatic heterocycles. The summed E-state index contributed by atoms with van der Waals surface area (Å²) in [6.45, 7) is 2.99. The fourth-order valence-electron chi connectivity index (χ4n) is 4.23. The number of methoxy groups -OCH3 is 1. The zero-order valence-electron chi connectivity index (χ0n) is 19.7. The zero-order chi connectivity index (χ0) is 24.9. The van der Waals surface area contributed by atoms with E-state index >= 15 is 0 Å². The van der Waals surface area contributed by atoms with Crippen molar-refractivity contribution in [3.63, 3.8) is 0 Å². The van der Waals surface area contributed by atoms with Gasteiger partial charge < -0.3 is 20.7 Å². The van der Waals surface area contributed by atoms with E-state index in [9.17, 15) is 9.18 Å². The van der Waals surface area contributed by atoms with Crippen LogP contribution in [-0.2, 0) is 11.3 Å². The van der Waals surface area contributed by atoms with Crippen molar-refractivity contribution in [1.29, 1.82) is 5.26 Å². The highest BCUT2D eigenvalue weighted by atomic mass is 19.1. The number of benzene rings is 2. The number of carbonyl (C=O) groups is 1. The number of hydrogen-bond acceptors (Lipinski definition) is 7. The van der Waals surface area contributed by atoms with Gasteiger partial charge in [-0.15, -0.1) is 0 Å². The van der Waals surface area contributed by atoms with Crippen LogP contribution in [0.5, 0.6) is 5.75 Å². The van der Waals surface area contributed by atoms with Gasteiger partial charge in [0.25, 0.3) is 0 Å². The molecule has 1 aliphatic rings. The second-order valence-corrected chi connectivity index (χ2v) is 8.62. The number of halogens is 1. The summed E-state index contributed by atoms with van der Waals surface area (Å²) in [7, 11) is 1.61. The Kier molecular flexibility index (Phi) is 7.11. The van der Waals surface area contributed by atoms with Crippen molar-refractivity contribution in [3.8, 4) is 23.1 Å². The predicted molar refractivity (Wildman–Crippen MR) is 131 cm³/mol. The molecule has 0 bridgehead atoms. The Labute approximate surface area is 203 Å². The summed E-state index contributed by atoms with van der Waals surface area (Å²) in [4.78, 5) is 23.6. The van der Waals surface area contributed by atoms with Crippen LogP contribution in [0.4, 0.5) is 16.2 Å². The molecule has 0 spiro atoms. The topological polar surface area (TPSA) is 117 Å². The number of nitrogen functional groups attached to an aromatic ring is 1. The lowest BCUT2D eigenvalue weighted by Gasteiger charge is -2.38. The number of hydrogen-bond donors (Lipinski definition) is 2. The van der Waals surface area contributed by atoms with Gasteiger partial charge >= 0.3 is 0 Å². The third kappa shape index (κ3) is 5.49. The molecule has 0 aliphatic carbocycles. The van der Waals surface area contributed by atoms with Gasteiger partial charge in [-0.3, -0.25) is 4.79 Å². The zero-order valence-corrected chi connectivity index (χ0v) is 19.7. The Balaban J connectivity index is 1.49. The maximum atomic E-state index is 14.2. The van der Waals surface area contributed by atoms with Gasteiger partial charge in [0.05, 0.1) is 24.3 Å². The van der Waals surface area contributed by atoms with Crippen molar-refractivity contribution in [1.82, 2.24) is 15.3 Å². The van der Waals surface area contributed by atoms with Crippen molar-refractivity contribution >= 4 is 17.7 Å². The molecule has 1 aromatic heterocycles. The van der Waals surface area contributed by atoms with E-state index in [-0.39, 0.29) is 29.4 Å². The summed E-state index contributed by atoms with van der Waals surface area (Å²) in [6, 6.07) is 15.6. The monoisotopic (exact) mass is 474 g/mol. The molecule has 0 unspecified atom stereocenters. The maximum absolute atomic E-state index is 14.2. The van der Waals surface area contributed by atoms with Crippen LogP contribution in [0.25, 0.3) is 11.3 Å². The number of nitriles is 1. The van der Waals surface area contributed by atoms with Crippen LogP contribution in [0.2, 0.25) is 0 Å². The fraction of sp³-hybridized carbons (Fsp3) is 0.308. The van der Waals surface area contributed by atoms with Crippen LogP contribution in [0.1, 0.15) is 30.9 Å². The largest absolute Gasteiger partial charge is 0.497 e. The Morgan fingerprint density at radius 1 is 1.23 bits per heavy atom. The summed E-state index contributed by atoms with van der Waals surface area (Å²) >= 11 is 0. The van der Waals surface area contributed by atoms with Crippen LogP contribution in [0.3, 0.4) is 0 Å². The molecule has 1 saturated heterocycles. The minimum Gasteiger partial charge on any atom is -0.497 e. The third-order valence-electron chi connectivity index (χ3n) is 6.29. The molecular formula is C26H27FN6O2. The van der Waals surface area contributed by atoms with Gasteiger partial charge in [0.15, 0.2) is 0 Å². The molecule has 1 amide bonds. The highest BCUT2D eigenvalue weighted by Crippen LogP contribution is 2.30. The van der Waals surface area contributed by atoms with Gasteiger partial charge in [-0.2, -0.15) is 10.2 Å². The van der Waals surface area contributed by atoms with Gasteiger partial charge in [-0.1, -0.05) is 18.2 Å². The smallest absolute Gasteiger partial charge is 0.225 e. The molecule has 0 radical (unpaired) electrons. The number of ether oxygens (including phenoxy) is 1. The first-order valence-corrected chi connectivity index (χ1v) is 11.4. The van der Waals surface area contributed by atoms with Crippen molar-refractivity contribution in [2.24, 2.45) is 5.92 Å². The molecular weight excluding hydrogens is 447 g/mol. The molecule has 2 atom stereocenters. The minimum atomic E-state index is -0.622. The van der Waals surface area contributed by atoms with Crippen molar-refractivity contribution in [2.45, 2.75) is 32.4 Å². The van der Waals surface area contributed by atoms with Gasteiger partial charge in [-0.05, 0) is 49.6 Å². The van der Waals surface area contributed by atoms with E-state index in [1.165, 1.54) is 12.1 Å². The average Bonchev–Trinajstić information content (AvgIpc) is 2.87. The first-order valence-electron chi connectivity index (χ1n) is 11.4. The van der Waals surface area contributed by atoms with Crippen molar-refractivity contribution in [3.05, 3.63) is 65.5 Å². The Morgan fingerprint density at radius 2 is 2.00 bits per heavy atom. The lowest BCUT2D eigenvalue weighted by molar-refractivity contribution is -0.125. The molecule has 35 heavy (non-hydrogen) atoms. The van der Waals surface area contributed by atoms with Gasteiger partial charge in [0, 0.05) is 30.8 Å². The second kappa shape index (κ2) is 10.4. The maximum Gasteiger partial charge on any atom is 0.225 e. The predicted octanol–water partition coefficient (Wildman–Crippen LogP) is 3.67. The summed E-state index contributed by atoms with van der Waals surface area (Å²) in [5, 5.41) is 12.0. The lowest BCUT2D eigenvalue weighted by atomic mass is 9.92. The number of aromatic nitrogens is 2. The SMILES string of the molecule is COc1ccc(CNC(=O)[C@H]2CC[C@@H](C)N(c3cc(-c4ccc(C#N)c(F)c4)nc(N)n3)C2)cc1. The quantitative estimate of drug-likeness (QED) is 0.560. The van der Waals surface area contributed by atoms with E-state index < -0.39 is 5.82 Å². The van der Waals surface area contributed by atoms with Crippen molar-refractivity contribution in [2.75, 3.05) is 24.3 Å². The minimum absolute atomic E-state index is 0.0193. The molecule has 180 valence electrons. The van der Waals surface area contributed by atoms with Crippen LogP contribution in [-0.4, -0.2) is 35.6 Å². The highest BCUT2D eigenvalue weighted by Gasteiger charge is 2.31. The molecule has 3 aromatic rings. The Hall–Kier alpha value is -4.19. The average molecular weight is 475 g/mol. The van der Waals surface area contributed by atoms with E-state index in [2.05, 4.69) is 22.2 Å². The van der Waals surface area contributed by atoms with E-state index in [1.54, 1.807) is 19.2 Å². The van der Waals surface area contributed by atoms with E-state index in [1.807, 2.05) is 35.2 Å². The van der Waals surface area contributed by atoms with E-state index in [0.29, 0.717) is 30.2 Å². The molecule has 3 N–H and O–H groups in total. The number of nitrogens with two attached hydrogens (primary N) is 1. The molecule has 2 heterocycles. The first-order chi connectivity index (χ1) is 16.9. The number of carbonyl (C=O) groups excluding carboxylic acids is 1. The first kappa shape index (κ1) is 24.0. The van der Waals surface area contributed by atoms with Gasteiger partial charge in [0.1, 0.15) is 23.5 Å². The molecule has 1 fully saturated rings. The number of nitrogens with zero attached hydrogens (tertiary/aromatic N) is 4. The normalized spacial score (nSPS) is 17.5. The highest BCUT2D eigenvalue weighted by molar-refractivity contribution is 5.79. The van der Waals surface area contributed by atoms with E-state index in [4.69, 9.17) is 15.7 Å². The van der Waals surface area contributed by atoms with Gasteiger partial charge in [0.2, 0.25) is 11.9 Å². The Morgan fingerprint density at radius 3 is 2.69 bits per heavy atom. The fourth-order valence-corrected chi connectivity index (χ4v) is 4.23. The Bertz CT molecular complexity index is 1260. The number of amides is 1. The van der Waals surface area contributed by atoms with E-state index in [0.717, 1.165) is 24.2 Å². The molecule has 8 nitrogen and oxygen atoms in total. The number of anilines is 2. The summed E-state index contributed by atoms with van der Waals surface area (Å²) in [5.41, 5.74) is 7.89. The van der Waals surface area contributed by atoms with Crippen LogP contribution >= 0.6 is 0 Å². The van der Waals surface area contributed by atoms with Crippen LogP contribution < -0.4 is 20.7 Å². The summed E-state index contributed by atoms with van der Waals surface area (Å²) in [5.74, 6) is 0.552. The third-order valence-corrected chi connectivity index (χ3v) is 6.29. The number of rotatable bonds is 6. The molecule has 4 rings (SSSR count). The second-order valence-electron chi connectivity index (χ2n) is 8.62. The number of nitrogens with one attached hydrogen (secondary N) is 1. The van der Waals surface area contributed by atoms with Crippen LogP contribution in [0.15, 0.2) is 48.5 Å². The number of piperidine rings is 1. The molecule has 0 saturated carbocycles. The lowest BCUT2D eigenvalue weighted by Crippen LogP contribution is -2.47.